The van der Waals surface area contributed by atoms with Crippen molar-refractivity contribution >= 4 is 35.4 Å². The molecule has 1 aromatic heterocycles. The average molecular weight is 372 g/mol. The third kappa shape index (κ3) is 4.58. The van der Waals surface area contributed by atoms with Crippen molar-refractivity contribution in [2.75, 3.05) is 18.4 Å². The zero-order valence-corrected chi connectivity index (χ0v) is 14.7. The minimum absolute atomic E-state index is 0.0308. The summed E-state index contributed by atoms with van der Waals surface area (Å²) in [6.45, 7) is 1.24. The lowest BCUT2D eigenvalue weighted by Gasteiger charge is -2.17. The number of nitrogens with one attached hydrogen (secondary N) is 1. The van der Waals surface area contributed by atoms with E-state index in [-0.39, 0.29) is 11.9 Å². The number of amides is 2. The van der Waals surface area contributed by atoms with E-state index in [4.69, 9.17) is 17.3 Å². The Hall–Kier alpha value is -2.93. The van der Waals surface area contributed by atoms with Crippen LogP contribution in [0.3, 0.4) is 0 Å². The van der Waals surface area contributed by atoms with Gasteiger partial charge in [0.15, 0.2) is 0 Å². The molecule has 1 aromatic carbocycles. The van der Waals surface area contributed by atoms with Gasteiger partial charge < -0.3 is 16.0 Å². The first kappa shape index (κ1) is 17.9. The molecule has 3 N–H and O–H groups in total. The van der Waals surface area contributed by atoms with Crippen molar-refractivity contribution in [2.45, 2.75) is 12.5 Å². The number of carbonyl (C=O) groups excluding carboxylic acids is 2. The van der Waals surface area contributed by atoms with E-state index in [1.165, 1.54) is 18.5 Å². The zero-order chi connectivity index (χ0) is 18.5. The van der Waals surface area contributed by atoms with E-state index in [2.05, 4.69) is 15.3 Å². The van der Waals surface area contributed by atoms with Crippen molar-refractivity contribution in [3.05, 3.63) is 58.9 Å². The van der Waals surface area contributed by atoms with Crippen LogP contribution < -0.4 is 11.1 Å². The van der Waals surface area contributed by atoms with E-state index < -0.39 is 5.91 Å². The molecule has 0 radical (unpaired) electrons. The lowest BCUT2D eigenvalue weighted by Crippen LogP contribution is -2.31. The maximum atomic E-state index is 12.6. The molecule has 3 rings (SSSR count). The number of hydrogen-bond acceptors (Lipinski definition) is 5. The molecule has 26 heavy (non-hydrogen) atoms. The molecule has 0 spiro atoms. The summed E-state index contributed by atoms with van der Waals surface area (Å²) in [5.74, 6) is -0.0403. The van der Waals surface area contributed by atoms with Crippen LogP contribution in [0.5, 0.6) is 0 Å². The Kier molecular flexibility index (Phi) is 5.48. The standard InChI is InChI=1S/C18H18ClN5O2/c19-14-9-21-18(22-10-14)23-15-7-8-24(11-15)17(26)13-4-1-12(2-5-13)3-6-16(20)25/h1-6,9-10,15H,7-8,11H2,(H2,20,25)(H,21,22,23)/t15-/m0/s1. The van der Waals surface area contributed by atoms with Gasteiger partial charge in [-0.2, -0.15) is 0 Å². The number of likely N-dealkylation sites (tertiary alicyclic amines) is 1. The maximum absolute atomic E-state index is 12.6. The lowest BCUT2D eigenvalue weighted by atomic mass is 10.1. The molecular weight excluding hydrogens is 354 g/mol. The molecule has 7 nitrogen and oxygen atoms in total. The fourth-order valence-electron chi connectivity index (χ4n) is 2.73. The second-order valence-electron chi connectivity index (χ2n) is 5.96. The number of nitrogens with two attached hydrogens (primary N) is 1. The van der Waals surface area contributed by atoms with Crippen LogP contribution in [0.2, 0.25) is 5.02 Å². The van der Waals surface area contributed by atoms with Crippen LogP contribution in [-0.4, -0.2) is 45.8 Å². The molecule has 2 amide bonds. The summed E-state index contributed by atoms with van der Waals surface area (Å²) in [6.07, 6.45) is 6.77. The Bertz CT molecular complexity index is 820. The topological polar surface area (TPSA) is 101 Å². The summed E-state index contributed by atoms with van der Waals surface area (Å²) in [5, 5.41) is 3.69. The first-order valence-electron chi connectivity index (χ1n) is 8.12. The molecule has 1 aliphatic heterocycles. The number of aromatic nitrogens is 2. The number of nitrogens with zero attached hydrogens (tertiary/aromatic N) is 3. The Labute approximate surface area is 155 Å². The third-order valence-electron chi connectivity index (χ3n) is 4.03. The van der Waals surface area contributed by atoms with Gasteiger partial charge in [-0.05, 0) is 30.2 Å². The average Bonchev–Trinajstić information content (AvgIpc) is 3.10. The highest BCUT2D eigenvalue weighted by atomic mass is 35.5. The number of benzene rings is 1. The van der Waals surface area contributed by atoms with Crippen molar-refractivity contribution in [1.29, 1.82) is 0 Å². The van der Waals surface area contributed by atoms with E-state index in [0.29, 0.717) is 29.6 Å². The molecule has 1 saturated heterocycles. The highest BCUT2D eigenvalue weighted by Gasteiger charge is 2.27. The number of carbonyl (C=O) groups is 2. The smallest absolute Gasteiger partial charge is 0.253 e. The molecular formula is C18H18ClN5O2. The first-order valence-corrected chi connectivity index (χ1v) is 8.50. The van der Waals surface area contributed by atoms with Gasteiger partial charge >= 0.3 is 0 Å². The molecule has 2 aromatic rings. The van der Waals surface area contributed by atoms with Crippen LogP contribution in [0.4, 0.5) is 5.95 Å². The quantitative estimate of drug-likeness (QED) is 0.782. The Morgan fingerprint density at radius 3 is 2.58 bits per heavy atom. The van der Waals surface area contributed by atoms with E-state index in [0.717, 1.165) is 12.0 Å². The Morgan fingerprint density at radius 2 is 1.92 bits per heavy atom. The number of rotatable bonds is 5. The summed E-state index contributed by atoms with van der Waals surface area (Å²) in [4.78, 5) is 33.4. The molecule has 0 saturated carbocycles. The lowest BCUT2D eigenvalue weighted by molar-refractivity contribution is -0.113. The SMILES string of the molecule is NC(=O)C=Cc1ccc(C(=O)N2CC[C@H](Nc3ncc(Cl)cn3)C2)cc1. The summed E-state index contributed by atoms with van der Waals surface area (Å²) >= 11 is 5.77. The van der Waals surface area contributed by atoms with Gasteiger partial charge in [0.1, 0.15) is 0 Å². The van der Waals surface area contributed by atoms with Crippen molar-refractivity contribution in [2.24, 2.45) is 5.73 Å². The molecule has 1 atom stereocenters. The van der Waals surface area contributed by atoms with Gasteiger partial charge in [-0.3, -0.25) is 9.59 Å². The highest BCUT2D eigenvalue weighted by Crippen LogP contribution is 2.17. The van der Waals surface area contributed by atoms with Gasteiger partial charge in [0.25, 0.3) is 5.91 Å². The predicted octanol–water partition coefficient (Wildman–Crippen LogP) is 1.96. The Balaban J connectivity index is 1.58. The summed E-state index contributed by atoms with van der Waals surface area (Å²) in [5.41, 5.74) is 6.48. The fraction of sp³-hybridized carbons (Fsp3) is 0.222. The fourth-order valence-corrected chi connectivity index (χ4v) is 2.83. The number of hydrogen-bond donors (Lipinski definition) is 2. The van der Waals surface area contributed by atoms with Gasteiger partial charge in [0, 0.05) is 30.8 Å². The third-order valence-corrected chi connectivity index (χ3v) is 4.22. The molecule has 0 aliphatic carbocycles. The van der Waals surface area contributed by atoms with Crippen molar-refractivity contribution in [3.8, 4) is 0 Å². The van der Waals surface area contributed by atoms with Gasteiger partial charge in [-0.15, -0.1) is 0 Å². The molecule has 0 unspecified atom stereocenters. The van der Waals surface area contributed by atoms with Gasteiger partial charge in [-0.25, -0.2) is 9.97 Å². The van der Waals surface area contributed by atoms with Crippen LogP contribution in [0.1, 0.15) is 22.3 Å². The van der Waals surface area contributed by atoms with Crippen LogP contribution in [0, 0.1) is 0 Å². The van der Waals surface area contributed by atoms with E-state index in [1.807, 2.05) is 0 Å². The largest absolute Gasteiger partial charge is 0.366 e. The summed E-state index contributed by atoms with van der Waals surface area (Å²) < 4.78 is 0. The number of halogens is 1. The first-order chi connectivity index (χ1) is 12.5. The number of anilines is 1. The van der Waals surface area contributed by atoms with Crippen molar-refractivity contribution < 1.29 is 9.59 Å². The number of primary amides is 1. The monoisotopic (exact) mass is 371 g/mol. The van der Waals surface area contributed by atoms with Crippen LogP contribution in [-0.2, 0) is 4.79 Å². The molecule has 8 heteroatoms. The van der Waals surface area contributed by atoms with E-state index >= 15 is 0 Å². The van der Waals surface area contributed by atoms with Crippen molar-refractivity contribution in [1.82, 2.24) is 14.9 Å². The molecule has 1 aliphatic rings. The van der Waals surface area contributed by atoms with Crippen LogP contribution in [0.15, 0.2) is 42.7 Å². The van der Waals surface area contributed by atoms with Crippen LogP contribution in [0.25, 0.3) is 6.08 Å². The minimum atomic E-state index is -0.509. The second-order valence-corrected chi connectivity index (χ2v) is 6.40. The maximum Gasteiger partial charge on any atom is 0.253 e. The summed E-state index contributed by atoms with van der Waals surface area (Å²) in [7, 11) is 0. The normalized spacial score (nSPS) is 16.8. The predicted molar refractivity (Wildman–Crippen MR) is 99.6 cm³/mol. The minimum Gasteiger partial charge on any atom is -0.366 e. The highest BCUT2D eigenvalue weighted by molar-refractivity contribution is 6.30. The van der Waals surface area contributed by atoms with Crippen molar-refractivity contribution in [3.63, 3.8) is 0 Å². The molecule has 134 valence electrons. The zero-order valence-electron chi connectivity index (χ0n) is 13.9. The Morgan fingerprint density at radius 1 is 1.23 bits per heavy atom. The van der Waals surface area contributed by atoms with E-state index in [9.17, 15) is 9.59 Å². The van der Waals surface area contributed by atoms with Gasteiger partial charge in [0.2, 0.25) is 11.9 Å². The van der Waals surface area contributed by atoms with E-state index in [1.54, 1.807) is 35.2 Å². The molecule has 1 fully saturated rings. The summed E-state index contributed by atoms with van der Waals surface area (Å²) in [6, 6.07) is 7.14. The van der Waals surface area contributed by atoms with Gasteiger partial charge in [0.05, 0.1) is 17.4 Å². The molecule has 2 heterocycles. The molecule has 0 bridgehead atoms. The van der Waals surface area contributed by atoms with Crippen LogP contribution >= 0.6 is 11.6 Å². The van der Waals surface area contributed by atoms with Gasteiger partial charge in [-0.1, -0.05) is 23.7 Å². The second kappa shape index (κ2) is 7.97.